The average molecular weight is 630 g/mol. The lowest BCUT2D eigenvalue weighted by Crippen LogP contribution is -2.07. The largest absolute Gasteiger partial charge is 0.456 e. The third-order valence-electron chi connectivity index (χ3n) is 9.28. The lowest BCUT2D eigenvalue weighted by Gasteiger charge is -2.14. The minimum absolute atomic E-state index is 0.0888. The van der Waals surface area contributed by atoms with Gasteiger partial charge < -0.3 is 4.42 Å². The Morgan fingerprint density at radius 1 is 0.469 bits per heavy atom. The van der Waals surface area contributed by atoms with Crippen LogP contribution in [-0.4, -0.2) is 15.0 Å². The van der Waals surface area contributed by atoms with Gasteiger partial charge in [-0.25, -0.2) is 15.0 Å². The molecule has 0 N–H and O–H groups in total. The third-order valence-corrected chi connectivity index (χ3v) is 9.28. The second-order valence-electron chi connectivity index (χ2n) is 12.4. The second-order valence-corrected chi connectivity index (χ2v) is 12.4. The fourth-order valence-corrected chi connectivity index (χ4v) is 6.70. The number of fused-ring (bicyclic) bond motifs is 3. The number of aromatic nitrogens is 3. The van der Waals surface area contributed by atoms with E-state index in [9.17, 15) is 0 Å². The van der Waals surface area contributed by atoms with Gasteiger partial charge in [-0.3, -0.25) is 0 Å². The van der Waals surface area contributed by atoms with E-state index in [1.165, 1.54) is 22.3 Å². The zero-order chi connectivity index (χ0) is 32.6. The van der Waals surface area contributed by atoms with E-state index in [4.69, 9.17) is 19.4 Å². The molecule has 4 nitrogen and oxygen atoms in total. The molecule has 0 aliphatic heterocycles. The molecule has 0 amide bonds. The molecule has 0 fully saturated rings. The highest BCUT2D eigenvalue weighted by Crippen LogP contribution is 2.39. The van der Waals surface area contributed by atoms with Crippen LogP contribution < -0.4 is 0 Å². The minimum Gasteiger partial charge on any atom is -0.456 e. The van der Waals surface area contributed by atoms with E-state index in [1.54, 1.807) is 0 Å². The van der Waals surface area contributed by atoms with Crippen LogP contribution in [0.15, 0.2) is 174 Å². The summed E-state index contributed by atoms with van der Waals surface area (Å²) in [6, 6.07) is 50.7. The van der Waals surface area contributed by atoms with Crippen LogP contribution in [0.4, 0.5) is 0 Å². The summed E-state index contributed by atoms with van der Waals surface area (Å²) >= 11 is 0. The van der Waals surface area contributed by atoms with Crippen molar-refractivity contribution in [1.29, 1.82) is 0 Å². The summed E-state index contributed by atoms with van der Waals surface area (Å²) in [4.78, 5) is 15.1. The van der Waals surface area contributed by atoms with Crippen molar-refractivity contribution in [1.82, 2.24) is 15.0 Å². The predicted octanol–water partition coefficient (Wildman–Crippen LogP) is 11.7. The summed E-state index contributed by atoms with van der Waals surface area (Å²) in [5, 5.41) is 2.04. The molecule has 0 bridgehead atoms. The number of hydrogen-bond donors (Lipinski definition) is 0. The molecule has 1 unspecified atom stereocenters. The van der Waals surface area contributed by atoms with Crippen molar-refractivity contribution in [3.8, 4) is 56.2 Å². The summed E-state index contributed by atoms with van der Waals surface area (Å²) in [6.07, 6.45) is 9.33. The van der Waals surface area contributed by atoms with Crippen LogP contribution in [0.3, 0.4) is 0 Å². The van der Waals surface area contributed by atoms with Crippen molar-refractivity contribution < 1.29 is 4.42 Å². The van der Waals surface area contributed by atoms with Gasteiger partial charge in [0, 0.05) is 27.8 Å². The van der Waals surface area contributed by atoms with Crippen molar-refractivity contribution in [2.24, 2.45) is 0 Å². The maximum atomic E-state index is 6.39. The summed E-state index contributed by atoms with van der Waals surface area (Å²) < 4.78 is 6.39. The highest BCUT2D eigenvalue weighted by Gasteiger charge is 2.20. The van der Waals surface area contributed by atoms with Gasteiger partial charge >= 0.3 is 0 Å². The van der Waals surface area contributed by atoms with Gasteiger partial charge in [0.15, 0.2) is 11.6 Å². The van der Waals surface area contributed by atoms with Crippen molar-refractivity contribution in [2.45, 2.75) is 12.3 Å². The van der Waals surface area contributed by atoms with Gasteiger partial charge in [0.2, 0.25) is 0 Å². The number of hydrogen-bond acceptors (Lipinski definition) is 4. The molecule has 2 heterocycles. The van der Waals surface area contributed by atoms with Crippen LogP contribution in [0, 0.1) is 0 Å². The molecular formula is C45H31N3O. The van der Waals surface area contributed by atoms with E-state index in [0.29, 0.717) is 11.6 Å². The van der Waals surface area contributed by atoms with Crippen molar-refractivity contribution in [2.75, 3.05) is 0 Å². The Bertz CT molecular complexity index is 2500. The van der Waals surface area contributed by atoms with Crippen LogP contribution in [0.1, 0.15) is 18.2 Å². The SMILES string of the molecule is C1=CCC(c2nc(-c3ccccc3)nc(-c3cccc4oc5ccc(-c6ccc(-c7ccc(-c8ccccc8)cc7)cc6)cc5c34)n2)C=C1. The Hall–Kier alpha value is -6.39. The highest BCUT2D eigenvalue weighted by molar-refractivity contribution is 6.12. The van der Waals surface area contributed by atoms with E-state index in [0.717, 1.165) is 56.4 Å². The first kappa shape index (κ1) is 28.8. The van der Waals surface area contributed by atoms with E-state index >= 15 is 0 Å². The number of rotatable bonds is 6. The Morgan fingerprint density at radius 2 is 1.06 bits per heavy atom. The van der Waals surface area contributed by atoms with Crippen LogP contribution in [0.5, 0.6) is 0 Å². The molecule has 0 saturated carbocycles. The molecule has 9 rings (SSSR count). The summed E-state index contributed by atoms with van der Waals surface area (Å²) in [5.41, 5.74) is 10.6. The number of nitrogens with zero attached hydrogens (tertiary/aromatic N) is 3. The van der Waals surface area contributed by atoms with Crippen LogP contribution in [0.25, 0.3) is 78.1 Å². The first-order valence-corrected chi connectivity index (χ1v) is 16.6. The monoisotopic (exact) mass is 629 g/mol. The van der Waals surface area contributed by atoms with Gasteiger partial charge in [-0.15, -0.1) is 0 Å². The average Bonchev–Trinajstić information content (AvgIpc) is 3.57. The first-order valence-electron chi connectivity index (χ1n) is 16.6. The maximum Gasteiger partial charge on any atom is 0.164 e. The maximum absolute atomic E-state index is 6.39. The van der Waals surface area contributed by atoms with Crippen LogP contribution in [0.2, 0.25) is 0 Å². The summed E-state index contributed by atoms with van der Waals surface area (Å²) in [7, 11) is 0. The Morgan fingerprint density at radius 3 is 1.71 bits per heavy atom. The molecule has 2 aromatic heterocycles. The molecule has 49 heavy (non-hydrogen) atoms. The molecule has 1 aliphatic rings. The van der Waals surface area contributed by atoms with Crippen molar-refractivity contribution in [3.63, 3.8) is 0 Å². The minimum atomic E-state index is 0.0888. The molecule has 4 heteroatoms. The Balaban J connectivity index is 1.10. The normalized spacial score (nSPS) is 14.1. The lowest BCUT2D eigenvalue weighted by molar-refractivity contribution is 0.669. The quantitative estimate of drug-likeness (QED) is 0.184. The third kappa shape index (κ3) is 5.53. The van der Waals surface area contributed by atoms with E-state index in [2.05, 4.69) is 121 Å². The zero-order valence-electron chi connectivity index (χ0n) is 26.7. The number of benzene rings is 6. The van der Waals surface area contributed by atoms with Gasteiger partial charge in [-0.05, 0) is 58.0 Å². The van der Waals surface area contributed by atoms with E-state index in [1.807, 2.05) is 48.5 Å². The van der Waals surface area contributed by atoms with E-state index in [-0.39, 0.29) is 5.92 Å². The van der Waals surface area contributed by atoms with Crippen molar-refractivity contribution >= 4 is 21.9 Å². The van der Waals surface area contributed by atoms with Gasteiger partial charge in [-0.1, -0.05) is 152 Å². The summed E-state index contributed by atoms with van der Waals surface area (Å²) in [5.74, 6) is 2.17. The molecule has 0 saturated heterocycles. The lowest BCUT2D eigenvalue weighted by atomic mass is 9.97. The highest BCUT2D eigenvalue weighted by atomic mass is 16.3. The number of furan rings is 1. The molecule has 8 aromatic rings. The molecule has 232 valence electrons. The topological polar surface area (TPSA) is 51.8 Å². The summed E-state index contributed by atoms with van der Waals surface area (Å²) in [6.45, 7) is 0. The number of allylic oxidation sites excluding steroid dienone is 4. The molecule has 6 aromatic carbocycles. The standard InChI is InChI=1S/C45H31N3O/c1-4-11-30(12-5-1)31-19-21-32(22-20-31)33-23-25-34(26-24-33)37-27-28-40-39(29-37)42-38(17-10-18-41(42)49-40)45-47-43(35-13-6-2-7-14-35)46-44(48-45)36-15-8-3-9-16-36/h1-15,17-29,36H,16H2. The van der Waals surface area contributed by atoms with Crippen LogP contribution >= 0.6 is 0 Å². The molecule has 0 radical (unpaired) electrons. The predicted molar refractivity (Wildman–Crippen MR) is 200 cm³/mol. The van der Waals surface area contributed by atoms with Gasteiger partial charge in [-0.2, -0.15) is 0 Å². The molecule has 1 aliphatic carbocycles. The fraction of sp³-hybridized carbons (Fsp3) is 0.0444. The molecule has 1 atom stereocenters. The first-order chi connectivity index (χ1) is 24.3. The van der Waals surface area contributed by atoms with Crippen molar-refractivity contribution in [3.05, 3.63) is 176 Å². The Kier molecular flexibility index (Phi) is 7.25. The second kappa shape index (κ2) is 12.3. The van der Waals surface area contributed by atoms with Gasteiger partial charge in [0.25, 0.3) is 0 Å². The Labute approximate surface area is 284 Å². The molecule has 0 spiro atoms. The smallest absolute Gasteiger partial charge is 0.164 e. The zero-order valence-corrected chi connectivity index (χ0v) is 26.7. The molecular weight excluding hydrogens is 599 g/mol. The fourth-order valence-electron chi connectivity index (χ4n) is 6.70. The van der Waals surface area contributed by atoms with Crippen LogP contribution in [-0.2, 0) is 0 Å². The van der Waals surface area contributed by atoms with Gasteiger partial charge in [0.05, 0.1) is 0 Å². The van der Waals surface area contributed by atoms with E-state index < -0.39 is 0 Å². The van der Waals surface area contributed by atoms with Gasteiger partial charge in [0.1, 0.15) is 17.0 Å².